The van der Waals surface area contributed by atoms with Crippen LogP contribution in [-0.2, 0) is 6.42 Å². The van der Waals surface area contributed by atoms with Crippen LogP contribution in [-0.4, -0.2) is 24.8 Å². The average molecular weight is 275 g/mol. The third kappa shape index (κ3) is 2.84. The molecule has 0 amide bonds. The van der Waals surface area contributed by atoms with E-state index in [4.69, 9.17) is 4.74 Å². The van der Waals surface area contributed by atoms with E-state index in [1.807, 2.05) is 0 Å². The predicted octanol–water partition coefficient (Wildman–Crippen LogP) is 2.74. The topological polar surface area (TPSA) is 41.5 Å². The summed E-state index contributed by atoms with van der Waals surface area (Å²) in [5, 5.41) is 14.2. The van der Waals surface area contributed by atoms with Crippen molar-refractivity contribution in [1.29, 1.82) is 0 Å². The van der Waals surface area contributed by atoms with Crippen LogP contribution in [0.25, 0.3) is 0 Å². The van der Waals surface area contributed by atoms with Crippen molar-refractivity contribution >= 4 is 0 Å². The van der Waals surface area contributed by atoms with Gasteiger partial charge in [-0.15, -0.1) is 0 Å². The van der Waals surface area contributed by atoms with Crippen LogP contribution >= 0.6 is 0 Å². The number of piperidine rings is 1. The zero-order chi connectivity index (χ0) is 13.9. The van der Waals surface area contributed by atoms with Crippen LogP contribution in [0.1, 0.15) is 48.5 Å². The fourth-order valence-electron chi connectivity index (χ4n) is 3.47. The van der Waals surface area contributed by atoms with Gasteiger partial charge < -0.3 is 15.2 Å². The Morgan fingerprint density at radius 1 is 1.25 bits per heavy atom. The maximum atomic E-state index is 10.8. The molecule has 1 atom stereocenters. The zero-order valence-corrected chi connectivity index (χ0v) is 12.3. The number of aliphatic hydroxyl groups excluding tert-OH is 1. The third-order valence-corrected chi connectivity index (χ3v) is 4.57. The monoisotopic (exact) mass is 275 g/mol. The fraction of sp³-hybridized carbons (Fsp3) is 0.647. The summed E-state index contributed by atoms with van der Waals surface area (Å²) in [7, 11) is 0. The third-order valence-electron chi connectivity index (χ3n) is 4.57. The minimum atomic E-state index is -0.385. The molecule has 110 valence electrons. The zero-order valence-electron chi connectivity index (χ0n) is 12.3. The number of hydrogen-bond donors (Lipinski definition) is 2. The summed E-state index contributed by atoms with van der Waals surface area (Å²) >= 11 is 0. The predicted molar refractivity (Wildman–Crippen MR) is 80.2 cm³/mol. The molecule has 1 fully saturated rings. The molecule has 0 bridgehead atoms. The first-order valence-corrected chi connectivity index (χ1v) is 7.90. The number of fused-ring (bicyclic) bond motifs is 1. The van der Waals surface area contributed by atoms with Crippen LogP contribution in [0.3, 0.4) is 0 Å². The molecule has 0 saturated carbocycles. The van der Waals surface area contributed by atoms with E-state index >= 15 is 0 Å². The summed E-state index contributed by atoms with van der Waals surface area (Å²) < 4.78 is 5.97. The largest absolute Gasteiger partial charge is 0.493 e. The van der Waals surface area contributed by atoms with E-state index in [-0.39, 0.29) is 6.10 Å². The van der Waals surface area contributed by atoms with Gasteiger partial charge in [0.15, 0.2) is 0 Å². The van der Waals surface area contributed by atoms with Crippen LogP contribution in [0.5, 0.6) is 5.75 Å². The number of ether oxygens (including phenoxy) is 1. The number of benzene rings is 1. The molecule has 1 unspecified atom stereocenters. The fourth-order valence-corrected chi connectivity index (χ4v) is 3.47. The van der Waals surface area contributed by atoms with Crippen molar-refractivity contribution in [2.75, 3.05) is 19.7 Å². The summed E-state index contributed by atoms with van der Waals surface area (Å²) in [4.78, 5) is 0. The maximum Gasteiger partial charge on any atom is 0.128 e. The summed E-state index contributed by atoms with van der Waals surface area (Å²) in [6.07, 6.45) is 5.07. The lowest BCUT2D eigenvalue weighted by Crippen LogP contribution is -2.31. The van der Waals surface area contributed by atoms with Crippen LogP contribution in [0.15, 0.2) is 12.1 Å². The van der Waals surface area contributed by atoms with E-state index in [0.29, 0.717) is 5.92 Å². The van der Waals surface area contributed by atoms with Crippen molar-refractivity contribution in [2.45, 2.75) is 45.1 Å². The molecule has 0 spiro atoms. The summed E-state index contributed by atoms with van der Waals surface area (Å²) in [5.74, 6) is 1.33. The quantitative estimate of drug-likeness (QED) is 0.872. The molecule has 3 nitrogen and oxygen atoms in total. The van der Waals surface area contributed by atoms with Gasteiger partial charge in [-0.2, -0.15) is 0 Å². The van der Waals surface area contributed by atoms with Gasteiger partial charge in [-0.25, -0.2) is 0 Å². The number of aliphatic hydroxyl groups is 1. The van der Waals surface area contributed by atoms with Gasteiger partial charge >= 0.3 is 0 Å². The Kier molecular flexibility index (Phi) is 4.27. The Balaban J connectivity index is 1.92. The van der Waals surface area contributed by atoms with Crippen molar-refractivity contribution < 1.29 is 9.84 Å². The van der Waals surface area contributed by atoms with Gasteiger partial charge in [0.1, 0.15) is 5.75 Å². The molecule has 0 aliphatic carbocycles. The first-order valence-electron chi connectivity index (χ1n) is 7.90. The van der Waals surface area contributed by atoms with E-state index in [9.17, 15) is 5.11 Å². The lowest BCUT2D eigenvalue weighted by molar-refractivity contribution is 0.0856. The van der Waals surface area contributed by atoms with Crippen LogP contribution in [0.4, 0.5) is 0 Å². The number of nitrogens with one attached hydrogen (secondary N) is 1. The van der Waals surface area contributed by atoms with E-state index < -0.39 is 0 Å². The molecule has 2 aliphatic rings. The SMILES string of the molecule is Cc1cc2c(c(C(O)C3CCNCC3)c1)OCCCC2. The summed E-state index contributed by atoms with van der Waals surface area (Å²) in [6.45, 7) is 4.92. The van der Waals surface area contributed by atoms with Gasteiger partial charge in [0, 0.05) is 5.56 Å². The van der Waals surface area contributed by atoms with E-state index in [1.54, 1.807) is 0 Å². The van der Waals surface area contributed by atoms with Crippen molar-refractivity contribution in [3.05, 3.63) is 28.8 Å². The van der Waals surface area contributed by atoms with Crippen LogP contribution in [0.2, 0.25) is 0 Å². The van der Waals surface area contributed by atoms with E-state index in [1.165, 1.54) is 17.5 Å². The van der Waals surface area contributed by atoms with Gasteiger partial charge in [0.05, 0.1) is 12.7 Å². The highest BCUT2D eigenvalue weighted by molar-refractivity contribution is 5.46. The molecule has 0 radical (unpaired) electrons. The van der Waals surface area contributed by atoms with Gasteiger partial charge in [0.2, 0.25) is 0 Å². The normalized spacial score (nSPS) is 21.7. The highest BCUT2D eigenvalue weighted by Crippen LogP contribution is 2.38. The highest BCUT2D eigenvalue weighted by Gasteiger charge is 2.27. The second-order valence-corrected chi connectivity index (χ2v) is 6.18. The van der Waals surface area contributed by atoms with Crippen molar-refractivity contribution in [3.63, 3.8) is 0 Å². The molecule has 2 aliphatic heterocycles. The van der Waals surface area contributed by atoms with E-state index in [2.05, 4.69) is 24.4 Å². The number of rotatable bonds is 2. The Morgan fingerprint density at radius 2 is 2.05 bits per heavy atom. The smallest absolute Gasteiger partial charge is 0.128 e. The van der Waals surface area contributed by atoms with Gasteiger partial charge in [-0.3, -0.25) is 0 Å². The molecule has 3 rings (SSSR count). The van der Waals surface area contributed by atoms with Crippen LogP contribution < -0.4 is 10.1 Å². The summed E-state index contributed by atoms with van der Waals surface area (Å²) in [5.41, 5.74) is 3.54. The second kappa shape index (κ2) is 6.15. The van der Waals surface area contributed by atoms with Crippen molar-refractivity contribution in [1.82, 2.24) is 5.32 Å². The molecule has 1 saturated heterocycles. The molecule has 0 aromatic heterocycles. The molecular weight excluding hydrogens is 250 g/mol. The Hall–Kier alpha value is -1.06. The first-order chi connectivity index (χ1) is 9.75. The number of aryl methyl sites for hydroxylation is 2. The van der Waals surface area contributed by atoms with Crippen LogP contribution in [0, 0.1) is 12.8 Å². The molecule has 20 heavy (non-hydrogen) atoms. The minimum Gasteiger partial charge on any atom is -0.493 e. The first kappa shape index (κ1) is 13.9. The van der Waals surface area contributed by atoms with Crippen molar-refractivity contribution in [2.24, 2.45) is 5.92 Å². The van der Waals surface area contributed by atoms with E-state index in [0.717, 1.165) is 56.7 Å². The standard InChI is InChI=1S/C17H25NO2/c1-12-10-14-4-2-3-9-20-17(14)15(11-12)16(19)13-5-7-18-8-6-13/h10-11,13,16,18-19H,2-9H2,1H3. The second-order valence-electron chi connectivity index (χ2n) is 6.18. The van der Waals surface area contributed by atoms with Gasteiger partial charge in [-0.1, -0.05) is 11.6 Å². The van der Waals surface area contributed by atoms with Gasteiger partial charge in [-0.05, 0) is 69.7 Å². The van der Waals surface area contributed by atoms with Gasteiger partial charge in [0.25, 0.3) is 0 Å². The lowest BCUT2D eigenvalue weighted by atomic mass is 9.86. The Morgan fingerprint density at radius 3 is 2.85 bits per heavy atom. The molecule has 1 aromatic rings. The Labute approximate surface area is 121 Å². The molecular formula is C17H25NO2. The molecule has 2 N–H and O–H groups in total. The highest BCUT2D eigenvalue weighted by atomic mass is 16.5. The van der Waals surface area contributed by atoms with Crippen molar-refractivity contribution in [3.8, 4) is 5.75 Å². The summed E-state index contributed by atoms with van der Waals surface area (Å²) in [6, 6.07) is 4.34. The molecule has 2 heterocycles. The Bertz CT molecular complexity index is 466. The lowest BCUT2D eigenvalue weighted by Gasteiger charge is -2.29. The average Bonchev–Trinajstić information content (AvgIpc) is 2.71. The molecule has 3 heteroatoms. The molecule has 1 aromatic carbocycles. The number of hydrogen-bond acceptors (Lipinski definition) is 3. The maximum absolute atomic E-state index is 10.8. The minimum absolute atomic E-state index is 0.356.